The molecule has 4 heterocycles. The number of nitrogens with zero attached hydrogens (tertiary/aromatic N) is 4. The average molecular weight is 496 g/mol. The number of nitrogens with one attached hydrogen (secondary N) is 2. The number of halogens is 1. The van der Waals surface area contributed by atoms with Gasteiger partial charge < -0.3 is 19.8 Å². The quantitative estimate of drug-likeness (QED) is 0.297. The number of hydrogen-bond acceptors (Lipinski definition) is 5. The van der Waals surface area contributed by atoms with Crippen LogP contribution < -0.4 is 10.6 Å². The minimum atomic E-state index is 0. The maximum Gasteiger partial charge on any atom is 0.191 e. The summed E-state index contributed by atoms with van der Waals surface area (Å²) >= 11 is 0. The minimum absolute atomic E-state index is 0. The van der Waals surface area contributed by atoms with Crippen molar-refractivity contribution in [3.8, 4) is 0 Å². The van der Waals surface area contributed by atoms with Gasteiger partial charge in [0.25, 0.3) is 0 Å². The lowest BCUT2D eigenvalue weighted by Gasteiger charge is -2.14. The summed E-state index contributed by atoms with van der Waals surface area (Å²) in [5.41, 5.74) is 0.825. The Hall–Kier alpha value is -2.14. The van der Waals surface area contributed by atoms with E-state index in [9.17, 15) is 0 Å². The van der Waals surface area contributed by atoms with E-state index in [1.807, 2.05) is 40.9 Å². The molecule has 3 aromatic rings. The van der Waals surface area contributed by atoms with Crippen LogP contribution in [0.15, 0.2) is 52.2 Å². The molecule has 1 aliphatic heterocycles. The van der Waals surface area contributed by atoms with Crippen LogP contribution in [0, 0.1) is 5.92 Å². The van der Waals surface area contributed by atoms with E-state index in [0.29, 0.717) is 12.5 Å². The first kappa shape index (κ1) is 20.6. The molecule has 4 rings (SSSR count). The Morgan fingerprint density at radius 3 is 3.00 bits per heavy atom. The standard InChI is InChI=1S/C19H24N6O2.HI/c1-2-9-25-17(5-1)23-24-18(25)13-22-19(21-12-15-7-11-26-14-15)20-8-6-16-4-3-10-27-16;/h1-5,9-10,15H,6-8,11-14H2,(H2,20,21,22);1H. The van der Waals surface area contributed by atoms with Gasteiger partial charge in [-0.3, -0.25) is 4.40 Å². The first-order valence-electron chi connectivity index (χ1n) is 9.29. The van der Waals surface area contributed by atoms with Gasteiger partial charge in [0.1, 0.15) is 12.3 Å². The highest BCUT2D eigenvalue weighted by molar-refractivity contribution is 14.0. The Morgan fingerprint density at radius 2 is 2.18 bits per heavy atom. The van der Waals surface area contributed by atoms with Crippen LogP contribution in [0.3, 0.4) is 0 Å². The third-order valence-electron chi connectivity index (χ3n) is 4.59. The molecule has 9 heteroatoms. The summed E-state index contributed by atoms with van der Waals surface area (Å²) in [5, 5.41) is 15.2. The average Bonchev–Trinajstić information content (AvgIpc) is 3.46. The molecular formula is C19H25IN6O2. The third-order valence-corrected chi connectivity index (χ3v) is 4.59. The molecule has 1 aliphatic rings. The highest BCUT2D eigenvalue weighted by Gasteiger charge is 2.16. The number of furan rings is 1. The zero-order valence-corrected chi connectivity index (χ0v) is 17.9. The molecule has 0 amide bonds. The molecular weight excluding hydrogens is 471 g/mol. The number of fused-ring (bicyclic) bond motifs is 1. The molecule has 0 spiro atoms. The smallest absolute Gasteiger partial charge is 0.191 e. The molecule has 3 aromatic heterocycles. The second-order valence-electron chi connectivity index (χ2n) is 6.58. The normalized spacial score (nSPS) is 16.9. The van der Waals surface area contributed by atoms with Crippen LogP contribution in [0.1, 0.15) is 18.0 Å². The van der Waals surface area contributed by atoms with E-state index < -0.39 is 0 Å². The van der Waals surface area contributed by atoms with E-state index in [2.05, 4.69) is 20.8 Å². The molecule has 2 N–H and O–H groups in total. The van der Waals surface area contributed by atoms with Crippen LogP contribution in [-0.4, -0.2) is 46.9 Å². The Morgan fingerprint density at radius 1 is 1.21 bits per heavy atom. The van der Waals surface area contributed by atoms with E-state index in [4.69, 9.17) is 14.1 Å². The van der Waals surface area contributed by atoms with E-state index in [1.165, 1.54) is 0 Å². The predicted molar refractivity (Wildman–Crippen MR) is 117 cm³/mol. The van der Waals surface area contributed by atoms with Crippen molar-refractivity contribution in [3.63, 3.8) is 0 Å². The van der Waals surface area contributed by atoms with Gasteiger partial charge in [-0.15, -0.1) is 34.2 Å². The SMILES string of the molecule is I.c1coc(CCNC(=NCc2nnc3ccccn23)NCC2CCOC2)c1. The van der Waals surface area contributed by atoms with Gasteiger partial charge in [0.2, 0.25) is 0 Å². The second kappa shape index (κ2) is 10.4. The summed E-state index contributed by atoms with van der Waals surface area (Å²) in [6, 6.07) is 9.72. The van der Waals surface area contributed by atoms with Crippen LogP contribution in [0.4, 0.5) is 0 Å². The summed E-state index contributed by atoms with van der Waals surface area (Å²) in [4.78, 5) is 4.70. The first-order chi connectivity index (χ1) is 13.4. The Balaban J connectivity index is 0.00000225. The number of aliphatic imine (C=N–C) groups is 1. The van der Waals surface area contributed by atoms with Crippen molar-refractivity contribution in [1.29, 1.82) is 0 Å². The predicted octanol–water partition coefficient (Wildman–Crippen LogP) is 2.25. The van der Waals surface area contributed by atoms with Crippen molar-refractivity contribution in [2.75, 3.05) is 26.3 Å². The molecule has 1 fully saturated rings. The topological polar surface area (TPSA) is 89.0 Å². The molecule has 1 unspecified atom stereocenters. The maximum atomic E-state index is 5.45. The molecule has 1 atom stereocenters. The van der Waals surface area contributed by atoms with Gasteiger partial charge in [-0.2, -0.15) is 0 Å². The van der Waals surface area contributed by atoms with Crippen LogP contribution >= 0.6 is 24.0 Å². The number of ether oxygens (including phenoxy) is 1. The van der Waals surface area contributed by atoms with E-state index in [1.54, 1.807) is 6.26 Å². The zero-order valence-electron chi connectivity index (χ0n) is 15.6. The van der Waals surface area contributed by atoms with Crippen molar-refractivity contribution >= 4 is 35.6 Å². The van der Waals surface area contributed by atoms with Gasteiger partial charge in [-0.25, -0.2) is 4.99 Å². The van der Waals surface area contributed by atoms with Crippen LogP contribution in [0.5, 0.6) is 0 Å². The van der Waals surface area contributed by atoms with E-state index in [-0.39, 0.29) is 24.0 Å². The van der Waals surface area contributed by atoms with E-state index in [0.717, 1.165) is 62.3 Å². The van der Waals surface area contributed by atoms with Crippen molar-refractivity contribution in [2.24, 2.45) is 10.9 Å². The molecule has 8 nitrogen and oxygen atoms in total. The first-order valence-corrected chi connectivity index (χ1v) is 9.29. The fourth-order valence-electron chi connectivity index (χ4n) is 3.07. The lowest BCUT2D eigenvalue weighted by molar-refractivity contribution is 0.186. The molecule has 150 valence electrons. The Bertz CT molecular complexity index is 874. The summed E-state index contributed by atoms with van der Waals surface area (Å²) < 4.78 is 12.8. The van der Waals surface area contributed by atoms with E-state index >= 15 is 0 Å². The van der Waals surface area contributed by atoms with Crippen LogP contribution in [0.25, 0.3) is 5.65 Å². The van der Waals surface area contributed by atoms with Crippen molar-refractivity contribution in [1.82, 2.24) is 25.2 Å². The molecule has 0 bridgehead atoms. The number of hydrogen-bond donors (Lipinski definition) is 2. The number of guanidine groups is 1. The number of rotatable bonds is 7. The maximum absolute atomic E-state index is 5.45. The molecule has 0 radical (unpaired) electrons. The van der Waals surface area contributed by atoms with Crippen molar-refractivity contribution < 1.29 is 9.15 Å². The summed E-state index contributed by atoms with van der Waals surface area (Å²) in [6.07, 6.45) is 5.53. The lowest BCUT2D eigenvalue weighted by atomic mass is 10.1. The lowest BCUT2D eigenvalue weighted by Crippen LogP contribution is -2.41. The van der Waals surface area contributed by atoms with Gasteiger partial charge >= 0.3 is 0 Å². The monoisotopic (exact) mass is 496 g/mol. The minimum Gasteiger partial charge on any atom is -0.469 e. The summed E-state index contributed by atoms with van der Waals surface area (Å²) in [6.45, 7) is 3.68. The van der Waals surface area contributed by atoms with Crippen molar-refractivity contribution in [2.45, 2.75) is 19.4 Å². The van der Waals surface area contributed by atoms with Gasteiger partial charge in [0.05, 0.1) is 12.9 Å². The Labute approximate surface area is 180 Å². The third kappa shape index (κ3) is 5.44. The second-order valence-corrected chi connectivity index (χ2v) is 6.58. The van der Waals surface area contributed by atoms with Crippen molar-refractivity contribution in [3.05, 3.63) is 54.4 Å². The van der Waals surface area contributed by atoms with Gasteiger partial charge in [-0.1, -0.05) is 6.07 Å². The highest BCUT2D eigenvalue weighted by Crippen LogP contribution is 2.10. The van der Waals surface area contributed by atoms with Gasteiger partial charge in [-0.05, 0) is 30.7 Å². The van der Waals surface area contributed by atoms with Crippen LogP contribution in [-0.2, 0) is 17.7 Å². The molecule has 0 aliphatic carbocycles. The van der Waals surface area contributed by atoms with Crippen LogP contribution in [0.2, 0.25) is 0 Å². The molecule has 28 heavy (non-hydrogen) atoms. The summed E-state index contributed by atoms with van der Waals surface area (Å²) in [5.74, 6) is 3.05. The molecule has 1 saturated heterocycles. The van der Waals surface area contributed by atoms with Gasteiger partial charge in [0.15, 0.2) is 17.4 Å². The number of aromatic nitrogens is 3. The largest absolute Gasteiger partial charge is 0.469 e. The molecule has 0 saturated carbocycles. The number of pyridine rings is 1. The highest BCUT2D eigenvalue weighted by atomic mass is 127. The Kier molecular flexibility index (Phi) is 7.66. The van der Waals surface area contributed by atoms with Gasteiger partial charge in [0, 0.05) is 38.2 Å². The fraction of sp³-hybridized carbons (Fsp3) is 0.421. The summed E-state index contributed by atoms with van der Waals surface area (Å²) in [7, 11) is 0. The fourth-order valence-corrected chi connectivity index (χ4v) is 3.07. The molecule has 0 aromatic carbocycles. The zero-order chi connectivity index (χ0) is 18.3.